The van der Waals surface area contributed by atoms with Gasteiger partial charge >= 0.3 is 0 Å². The molecule has 0 aliphatic rings. The van der Waals surface area contributed by atoms with Crippen LogP contribution < -0.4 is 16.4 Å². The number of carbonyl (C=O) groups is 1. The van der Waals surface area contributed by atoms with Gasteiger partial charge < -0.3 is 16.4 Å². The lowest BCUT2D eigenvalue weighted by atomic mass is 10.1. The third-order valence-corrected chi connectivity index (χ3v) is 1.98. The second-order valence-electron chi connectivity index (χ2n) is 3.14. The Hall–Kier alpha value is -0.610. The van der Waals surface area contributed by atoms with Crippen LogP contribution in [0, 0.1) is 5.92 Å². The monoisotopic (exact) mass is 187 g/mol. The quantitative estimate of drug-likeness (QED) is 0.479. The molecule has 78 valence electrons. The van der Waals surface area contributed by atoms with Crippen LogP contribution in [0.2, 0.25) is 0 Å². The number of hydrogen-bond donors (Lipinski definition) is 3. The van der Waals surface area contributed by atoms with Crippen molar-refractivity contribution in [3.8, 4) is 0 Å². The van der Waals surface area contributed by atoms with Crippen LogP contribution in [-0.4, -0.2) is 32.1 Å². The molecule has 1 amide bonds. The second-order valence-corrected chi connectivity index (χ2v) is 3.14. The lowest BCUT2D eigenvalue weighted by Crippen LogP contribution is -2.36. The van der Waals surface area contributed by atoms with Gasteiger partial charge in [-0.05, 0) is 6.42 Å². The molecule has 13 heavy (non-hydrogen) atoms. The van der Waals surface area contributed by atoms with Gasteiger partial charge in [-0.1, -0.05) is 13.8 Å². The minimum Gasteiger partial charge on any atom is -0.355 e. The third-order valence-electron chi connectivity index (χ3n) is 1.98. The molecule has 0 heterocycles. The average molecular weight is 187 g/mol. The highest BCUT2D eigenvalue weighted by Crippen LogP contribution is 1.98. The molecule has 0 bridgehead atoms. The normalized spacial score (nSPS) is 12.5. The lowest BCUT2D eigenvalue weighted by Gasteiger charge is -2.09. The average Bonchev–Trinajstić information content (AvgIpc) is 2.16. The van der Waals surface area contributed by atoms with Gasteiger partial charge in [-0.25, -0.2) is 0 Å². The van der Waals surface area contributed by atoms with E-state index in [4.69, 9.17) is 5.73 Å². The zero-order chi connectivity index (χ0) is 10.1. The highest BCUT2D eigenvalue weighted by molar-refractivity contribution is 5.78. The number of nitrogens with two attached hydrogens (primary N) is 1. The summed E-state index contributed by atoms with van der Waals surface area (Å²) in [6, 6.07) is 0. The Bertz CT molecular complexity index is 139. The molecule has 0 saturated heterocycles. The molecular weight excluding hydrogens is 166 g/mol. The summed E-state index contributed by atoms with van der Waals surface area (Å²) in [7, 11) is 0. The molecule has 0 aliphatic carbocycles. The molecule has 0 spiro atoms. The lowest BCUT2D eigenvalue weighted by molar-refractivity contribution is -0.124. The first kappa shape index (κ1) is 12.4. The Labute approximate surface area is 80.3 Å². The van der Waals surface area contributed by atoms with Crippen LogP contribution in [-0.2, 0) is 4.79 Å². The Kier molecular flexibility index (Phi) is 7.63. The fourth-order valence-electron chi connectivity index (χ4n) is 0.861. The van der Waals surface area contributed by atoms with Gasteiger partial charge in [0.15, 0.2) is 0 Å². The number of hydrogen-bond acceptors (Lipinski definition) is 3. The molecule has 0 rings (SSSR count). The van der Waals surface area contributed by atoms with Crippen LogP contribution in [0.15, 0.2) is 0 Å². The number of rotatable bonds is 7. The Morgan fingerprint density at radius 1 is 1.38 bits per heavy atom. The topological polar surface area (TPSA) is 67.2 Å². The van der Waals surface area contributed by atoms with E-state index >= 15 is 0 Å². The predicted molar refractivity (Wildman–Crippen MR) is 54.4 cm³/mol. The zero-order valence-corrected chi connectivity index (χ0v) is 8.60. The Morgan fingerprint density at radius 3 is 2.62 bits per heavy atom. The molecule has 4 heteroatoms. The summed E-state index contributed by atoms with van der Waals surface area (Å²) >= 11 is 0. The first-order valence-corrected chi connectivity index (χ1v) is 4.90. The molecule has 0 radical (unpaired) electrons. The Morgan fingerprint density at radius 2 is 2.08 bits per heavy atom. The van der Waals surface area contributed by atoms with Gasteiger partial charge in [-0.2, -0.15) is 0 Å². The fraction of sp³-hybridized carbons (Fsp3) is 0.889. The summed E-state index contributed by atoms with van der Waals surface area (Å²) in [5.41, 5.74) is 5.29. The molecule has 0 aromatic rings. The van der Waals surface area contributed by atoms with E-state index in [2.05, 4.69) is 10.6 Å². The van der Waals surface area contributed by atoms with Crippen LogP contribution in [0.25, 0.3) is 0 Å². The van der Waals surface area contributed by atoms with E-state index in [1.807, 2.05) is 13.8 Å². The molecule has 0 aromatic heterocycles. The number of carbonyl (C=O) groups excluding carboxylic acids is 1. The minimum atomic E-state index is 0.120. The van der Waals surface area contributed by atoms with Crippen molar-refractivity contribution >= 4 is 5.91 Å². The number of nitrogens with one attached hydrogen (secondary N) is 2. The smallest absolute Gasteiger partial charge is 0.222 e. The molecule has 0 aliphatic heterocycles. The SMILES string of the molecule is CCC(C)C(=O)NCCNCCN. The van der Waals surface area contributed by atoms with Crippen molar-refractivity contribution in [2.45, 2.75) is 20.3 Å². The number of amides is 1. The second kappa shape index (κ2) is 8.01. The maximum atomic E-state index is 11.2. The Balaban J connectivity index is 3.27. The highest BCUT2D eigenvalue weighted by Gasteiger charge is 2.08. The largest absolute Gasteiger partial charge is 0.355 e. The van der Waals surface area contributed by atoms with Crippen molar-refractivity contribution in [2.24, 2.45) is 11.7 Å². The minimum absolute atomic E-state index is 0.120. The van der Waals surface area contributed by atoms with Crippen molar-refractivity contribution < 1.29 is 4.79 Å². The summed E-state index contributed by atoms with van der Waals surface area (Å²) in [6.45, 7) is 6.86. The summed E-state index contributed by atoms with van der Waals surface area (Å²) in [5.74, 6) is 0.256. The van der Waals surface area contributed by atoms with Gasteiger partial charge in [-0.3, -0.25) is 4.79 Å². The van der Waals surface area contributed by atoms with E-state index in [9.17, 15) is 4.79 Å². The molecule has 4 nitrogen and oxygen atoms in total. The maximum absolute atomic E-state index is 11.2. The van der Waals surface area contributed by atoms with Crippen molar-refractivity contribution in [3.63, 3.8) is 0 Å². The molecule has 1 unspecified atom stereocenters. The summed E-state index contributed by atoms with van der Waals surface area (Å²) in [5, 5.41) is 5.96. The standard InChI is InChI=1S/C9H21N3O/c1-3-8(2)9(13)12-7-6-11-5-4-10/h8,11H,3-7,10H2,1-2H3,(H,12,13). The van der Waals surface area contributed by atoms with E-state index in [0.29, 0.717) is 13.1 Å². The van der Waals surface area contributed by atoms with E-state index < -0.39 is 0 Å². The molecular formula is C9H21N3O. The first-order chi connectivity index (χ1) is 6.22. The van der Waals surface area contributed by atoms with E-state index in [1.165, 1.54) is 0 Å². The predicted octanol–water partition coefficient (Wildman–Crippen LogP) is -0.303. The van der Waals surface area contributed by atoms with Gasteiger partial charge in [0, 0.05) is 32.1 Å². The van der Waals surface area contributed by atoms with Gasteiger partial charge in [0.05, 0.1) is 0 Å². The van der Waals surface area contributed by atoms with Gasteiger partial charge in [0.25, 0.3) is 0 Å². The van der Waals surface area contributed by atoms with E-state index in [-0.39, 0.29) is 11.8 Å². The molecule has 4 N–H and O–H groups in total. The fourth-order valence-corrected chi connectivity index (χ4v) is 0.861. The van der Waals surface area contributed by atoms with Gasteiger partial charge in [0.2, 0.25) is 5.91 Å². The zero-order valence-electron chi connectivity index (χ0n) is 8.60. The van der Waals surface area contributed by atoms with Crippen LogP contribution in [0.4, 0.5) is 0 Å². The highest BCUT2D eigenvalue weighted by atomic mass is 16.1. The van der Waals surface area contributed by atoms with Crippen molar-refractivity contribution in [2.75, 3.05) is 26.2 Å². The summed E-state index contributed by atoms with van der Waals surface area (Å²) in [6.07, 6.45) is 0.891. The molecule has 0 saturated carbocycles. The third kappa shape index (κ3) is 6.54. The summed E-state index contributed by atoms with van der Waals surface area (Å²) < 4.78 is 0. The van der Waals surface area contributed by atoms with Crippen LogP contribution in [0.5, 0.6) is 0 Å². The summed E-state index contributed by atoms with van der Waals surface area (Å²) in [4.78, 5) is 11.2. The van der Waals surface area contributed by atoms with E-state index in [0.717, 1.165) is 19.5 Å². The van der Waals surface area contributed by atoms with Crippen LogP contribution >= 0.6 is 0 Å². The molecule has 0 fully saturated rings. The van der Waals surface area contributed by atoms with E-state index in [1.54, 1.807) is 0 Å². The van der Waals surface area contributed by atoms with Crippen LogP contribution in [0.1, 0.15) is 20.3 Å². The van der Waals surface area contributed by atoms with Gasteiger partial charge in [-0.15, -0.1) is 0 Å². The molecule has 1 atom stereocenters. The first-order valence-electron chi connectivity index (χ1n) is 4.90. The van der Waals surface area contributed by atoms with Gasteiger partial charge in [0.1, 0.15) is 0 Å². The maximum Gasteiger partial charge on any atom is 0.222 e. The van der Waals surface area contributed by atoms with Crippen LogP contribution in [0.3, 0.4) is 0 Å². The van der Waals surface area contributed by atoms with Crippen molar-refractivity contribution in [1.82, 2.24) is 10.6 Å². The van der Waals surface area contributed by atoms with Crippen molar-refractivity contribution in [1.29, 1.82) is 0 Å². The molecule has 0 aromatic carbocycles. The van der Waals surface area contributed by atoms with Crippen molar-refractivity contribution in [3.05, 3.63) is 0 Å².